The highest BCUT2D eigenvalue weighted by atomic mass is 19.1. The van der Waals surface area contributed by atoms with Crippen molar-refractivity contribution >= 4 is 11.7 Å². The summed E-state index contributed by atoms with van der Waals surface area (Å²) in [5, 5.41) is 7.67. The minimum Gasteiger partial charge on any atom is -0.350 e. The van der Waals surface area contributed by atoms with E-state index in [0.29, 0.717) is 18.3 Å². The number of carbonyl (C=O) groups is 1. The first-order chi connectivity index (χ1) is 12.8. The third kappa shape index (κ3) is 4.75. The topological polar surface area (TPSA) is 72.7 Å². The van der Waals surface area contributed by atoms with Gasteiger partial charge in [0, 0.05) is 29.9 Å². The molecule has 0 radical (unpaired) electrons. The molecule has 0 atom stereocenters. The van der Waals surface area contributed by atoms with Crippen LogP contribution >= 0.6 is 0 Å². The predicted molar refractivity (Wildman–Crippen MR) is 101 cm³/mol. The van der Waals surface area contributed by atoms with Gasteiger partial charge < -0.3 is 5.32 Å². The summed E-state index contributed by atoms with van der Waals surface area (Å²) >= 11 is 0. The van der Waals surface area contributed by atoms with Crippen molar-refractivity contribution in [1.29, 1.82) is 0 Å². The zero-order valence-corrected chi connectivity index (χ0v) is 15.6. The minimum absolute atomic E-state index is 0.0509. The van der Waals surface area contributed by atoms with Gasteiger partial charge in [-0.05, 0) is 29.8 Å². The molecule has 0 bridgehead atoms. The SMILES string of the molecule is CC(C)(C)C(=O)Cn1nc(-c2cccnc2)nc1NCc1ccc(F)cc1. The normalized spacial score (nSPS) is 11.4. The third-order valence-electron chi connectivity index (χ3n) is 4.09. The van der Waals surface area contributed by atoms with Crippen molar-refractivity contribution in [3.63, 3.8) is 0 Å². The van der Waals surface area contributed by atoms with Gasteiger partial charge in [-0.3, -0.25) is 9.78 Å². The number of hydrogen-bond acceptors (Lipinski definition) is 5. The number of anilines is 1. The van der Waals surface area contributed by atoms with Crippen LogP contribution in [0.4, 0.5) is 10.3 Å². The molecule has 140 valence electrons. The first-order valence-electron chi connectivity index (χ1n) is 8.70. The lowest BCUT2D eigenvalue weighted by atomic mass is 9.91. The molecule has 3 rings (SSSR count). The van der Waals surface area contributed by atoms with Crippen LogP contribution in [0.5, 0.6) is 0 Å². The van der Waals surface area contributed by atoms with Gasteiger partial charge in [-0.15, -0.1) is 5.10 Å². The quantitative estimate of drug-likeness (QED) is 0.719. The molecule has 7 heteroatoms. The highest BCUT2D eigenvalue weighted by Crippen LogP contribution is 2.20. The maximum absolute atomic E-state index is 13.1. The Hall–Kier alpha value is -3.09. The van der Waals surface area contributed by atoms with Crippen LogP contribution in [0.2, 0.25) is 0 Å². The summed E-state index contributed by atoms with van der Waals surface area (Å²) in [6.45, 7) is 6.18. The van der Waals surface area contributed by atoms with Crippen molar-refractivity contribution in [2.45, 2.75) is 33.9 Å². The number of pyridine rings is 1. The number of aromatic nitrogens is 4. The summed E-state index contributed by atoms with van der Waals surface area (Å²) in [4.78, 5) is 21.1. The van der Waals surface area contributed by atoms with E-state index in [0.717, 1.165) is 11.1 Å². The first kappa shape index (κ1) is 18.7. The molecular weight excluding hydrogens is 345 g/mol. The van der Waals surface area contributed by atoms with Gasteiger partial charge in [0.05, 0.1) is 0 Å². The molecule has 0 aliphatic rings. The molecule has 6 nitrogen and oxygen atoms in total. The van der Waals surface area contributed by atoms with Crippen molar-refractivity contribution < 1.29 is 9.18 Å². The highest BCUT2D eigenvalue weighted by molar-refractivity contribution is 5.83. The average Bonchev–Trinajstić information content (AvgIpc) is 3.04. The van der Waals surface area contributed by atoms with Gasteiger partial charge in [0.15, 0.2) is 11.6 Å². The summed E-state index contributed by atoms with van der Waals surface area (Å²) in [6.07, 6.45) is 3.35. The molecule has 0 saturated carbocycles. The van der Waals surface area contributed by atoms with Gasteiger partial charge in [0.1, 0.15) is 12.4 Å². The van der Waals surface area contributed by atoms with Gasteiger partial charge >= 0.3 is 0 Å². The van der Waals surface area contributed by atoms with E-state index >= 15 is 0 Å². The molecule has 3 aromatic rings. The molecule has 0 aliphatic carbocycles. The van der Waals surface area contributed by atoms with Crippen LogP contribution in [-0.4, -0.2) is 25.5 Å². The van der Waals surface area contributed by atoms with E-state index in [4.69, 9.17) is 0 Å². The molecule has 27 heavy (non-hydrogen) atoms. The van der Waals surface area contributed by atoms with E-state index in [-0.39, 0.29) is 18.1 Å². The van der Waals surface area contributed by atoms with E-state index < -0.39 is 5.41 Å². The van der Waals surface area contributed by atoms with Gasteiger partial charge in [-0.25, -0.2) is 9.07 Å². The lowest BCUT2D eigenvalue weighted by molar-refractivity contribution is -0.127. The summed E-state index contributed by atoms with van der Waals surface area (Å²) in [5.41, 5.74) is 1.19. The van der Waals surface area contributed by atoms with Gasteiger partial charge in [0.25, 0.3) is 0 Å². The van der Waals surface area contributed by atoms with Crippen molar-refractivity contribution in [3.8, 4) is 11.4 Å². The Balaban J connectivity index is 1.86. The number of carbonyl (C=O) groups excluding carboxylic acids is 1. The van der Waals surface area contributed by atoms with Crippen LogP contribution < -0.4 is 5.32 Å². The molecule has 0 amide bonds. The summed E-state index contributed by atoms with van der Waals surface area (Å²) in [5.74, 6) is 0.744. The largest absolute Gasteiger partial charge is 0.350 e. The van der Waals surface area contributed by atoms with Crippen molar-refractivity contribution in [2.24, 2.45) is 5.41 Å². The number of rotatable bonds is 6. The monoisotopic (exact) mass is 367 g/mol. The number of nitrogens with zero attached hydrogens (tertiary/aromatic N) is 4. The number of Topliss-reactive ketones (excluding diaryl/α,β-unsaturated/α-hetero) is 1. The maximum Gasteiger partial charge on any atom is 0.222 e. The predicted octanol–water partition coefficient (Wildman–Crippen LogP) is 3.71. The summed E-state index contributed by atoms with van der Waals surface area (Å²) in [7, 11) is 0. The minimum atomic E-state index is -0.478. The Kier molecular flexibility index (Phi) is 5.30. The average molecular weight is 367 g/mol. The van der Waals surface area contributed by atoms with Crippen LogP contribution in [0.3, 0.4) is 0 Å². The molecule has 1 aromatic carbocycles. The Morgan fingerprint density at radius 1 is 1.19 bits per heavy atom. The second-order valence-corrected chi connectivity index (χ2v) is 7.31. The first-order valence-corrected chi connectivity index (χ1v) is 8.70. The lowest BCUT2D eigenvalue weighted by Gasteiger charge is -2.17. The van der Waals surface area contributed by atoms with E-state index in [1.165, 1.54) is 12.1 Å². The van der Waals surface area contributed by atoms with Crippen molar-refractivity contribution in [2.75, 3.05) is 5.32 Å². The molecule has 0 aliphatic heterocycles. The molecule has 0 unspecified atom stereocenters. The maximum atomic E-state index is 13.1. The number of hydrogen-bond donors (Lipinski definition) is 1. The van der Waals surface area contributed by atoms with Crippen LogP contribution in [0.25, 0.3) is 11.4 Å². The Bertz CT molecular complexity index is 914. The number of halogens is 1. The lowest BCUT2D eigenvalue weighted by Crippen LogP contribution is -2.26. The Labute approximate surface area is 157 Å². The zero-order valence-electron chi connectivity index (χ0n) is 15.6. The second kappa shape index (κ2) is 7.65. The van der Waals surface area contributed by atoms with Crippen LogP contribution in [0.15, 0.2) is 48.8 Å². The molecule has 0 fully saturated rings. The molecule has 2 heterocycles. The third-order valence-corrected chi connectivity index (χ3v) is 4.09. The highest BCUT2D eigenvalue weighted by Gasteiger charge is 2.23. The Morgan fingerprint density at radius 3 is 2.56 bits per heavy atom. The van der Waals surface area contributed by atoms with Crippen molar-refractivity contribution in [1.82, 2.24) is 19.7 Å². The van der Waals surface area contributed by atoms with Gasteiger partial charge in [0.2, 0.25) is 5.95 Å². The van der Waals surface area contributed by atoms with E-state index in [1.807, 2.05) is 32.9 Å². The fraction of sp³-hybridized carbons (Fsp3) is 0.300. The Morgan fingerprint density at radius 2 is 1.93 bits per heavy atom. The molecule has 1 N–H and O–H groups in total. The second-order valence-electron chi connectivity index (χ2n) is 7.31. The zero-order chi connectivity index (χ0) is 19.4. The smallest absolute Gasteiger partial charge is 0.222 e. The molecule has 0 saturated heterocycles. The van der Waals surface area contributed by atoms with Gasteiger partial charge in [-0.1, -0.05) is 32.9 Å². The molecule has 0 spiro atoms. The standard InChI is InChI=1S/C20H22FN5O/c1-20(2,3)17(27)13-26-19(23-11-14-6-8-16(21)9-7-14)24-18(25-26)15-5-4-10-22-12-15/h4-10,12H,11,13H2,1-3H3,(H,23,24,25). The number of nitrogens with one attached hydrogen (secondary N) is 1. The van der Waals surface area contributed by atoms with E-state index in [1.54, 1.807) is 29.2 Å². The van der Waals surface area contributed by atoms with Crippen molar-refractivity contribution in [3.05, 3.63) is 60.2 Å². The fourth-order valence-electron chi connectivity index (χ4n) is 2.36. The summed E-state index contributed by atoms with van der Waals surface area (Å²) < 4.78 is 14.6. The summed E-state index contributed by atoms with van der Waals surface area (Å²) in [6, 6.07) is 9.89. The van der Waals surface area contributed by atoms with Crippen LogP contribution in [0, 0.1) is 11.2 Å². The fourth-order valence-corrected chi connectivity index (χ4v) is 2.36. The van der Waals surface area contributed by atoms with Crippen LogP contribution in [0.1, 0.15) is 26.3 Å². The van der Waals surface area contributed by atoms with E-state index in [2.05, 4.69) is 20.4 Å². The molecular formula is C20H22FN5O. The van der Waals surface area contributed by atoms with E-state index in [9.17, 15) is 9.18 Å². The molecule has 2 aromatic heterocycles. The van der Waals surface area contributed by atoms with Gasteiger partial charge in [-0.2, -0.15) is 4.98 Å². The number of ketones is 1. The number of benzene rings is 1. The van der Waals surface area contributed by atoms with Crippen LogP contribution in [-0.2, 0) is 17.9 Å².